The van der Waals surface area contributed by atoms with E-state index in [2.05, 4.69) is 0 Å². The van der Waals surface area contributed by atoms with Crippen molar-refractivity contribution in [1.29, 1.82) is 0 Å². The first-order valence-electron chi connectivity index (χ1n) is 8.92. The van der Waals surface area contributed by atoms with E-state index in [-0.39, 0.29) is 23.0 Å². The minimum absolute atomic E-state index is 0.0334. The zero-order valence-electron chi connectivity index (χ0n) is 16.5. The van der Waals surface area contributed by atoms with Gasteiger partial charge in [-0.2, -0.15) is 0 Å². The molecule has 10 heteroatoms. The normalized spacial score (nSPS) is 18.5. The number of amides is 1. The van der Waals surface area contributed by atoms with Gasteiger partial charge in [0.05, 0.1) is 5.92 Å². The van der Waals surface area contributed by atoms with Crippen LogP contribution in [0.4, 0.5) is 0 Å². The van der Waals surface area contributed by atoms with Crippen molar-refractivity contribution in [1.82, 2.24) is 4.90 Å². The average Bonchev–Trinajstić information content (AvgIpc) is 2.66. The number of β-lactam (4-membered cyclic amide) rings is 1. The molecular formula is C20H20Cl3NO5S. The Bertz CT molecular complexity index is 878. The summed E-state index contributed by atoms with van der Waals surface area (Å²) in [7, 11) is 0. The van der Waals surface area contributed by atoms with Crippen molar-refractivity contribution < 1.29 is 23.9 Å². The van der Waals surface area contributed by atoms with E-state index in [9.17, 15) is 19.2 Å². The lowest BCUT2D eigenvalue weighted by atomic mass is 9.91. The number of alkyl halides is 3. The predicted molar refractivity (Wildman–Crippen MR) is 117 cm³/mol. The Kier molecular flexibility index (Phi) is 8.39. The van der Waals surface area contributed by atoms with Crippen molar-refractivity contribution in [2.45, 2.75) is 36.4 Å². The summed E-state index contributed by atoms with van der Waals surface area (Å²) in [5.41, 5.74) is 0.894. The zero-order chi connectivity index (χ0) is 22.6. The van der Waals surface area contributed by atoms with Crippen LogP contribution in [0.25, 0.3) is 0 Å². The average molecular weight is 493 g/mol. The molecular weight excluding hydrogens is 473 g/mol. The molecule has 2 rings (SSSR count). The molecule has 0 bridgehead atoms. The maximum absolute atomic E-state index is 12.8. The lowest BCUT2D eigenvalue weighted by molar-refractivity contribution is -0.155. The summed E-state index contributed by atoms with van der Waals surface area (Å²) < 4.78 is 3.23. The second-order valence-corrected chi connectivity index (χ2v) is 10.5. The summed E-state index contributed by atoms with van der Waals surface area (Å²) in [4.78, 5) is 51.0. The van der Waals surface area contributed by atoms with Crippen LogP contribution in [-0.4, -0.2) is 43.4 Å². The number of Topliss-reactive ketones (excluding diaryl/α,β-unsaturated/α-hetero) is 1. The number of likely N-dealkylation sites (tertiary alicyclic amines) is 1. The number of hydrogen-bond acceptors (Lipinski definition) is 6. The van der Waals surface area contributed by atoms with Crippen LogP contribution in [0, 0.1) is 5.92 Å². The quantitative estimate of drug-likeness (QED) is 0.241. The van der Waals surface area contributed by atoms with Gasteiger partial charge in [-0.05, 0) is 26.3 Å². The molecule has 2 atom stereocenters. The van der Waals surface area contributed by atoms with E-state index in [1.165, 1.54) is 11.8 Å². The third-order valence-corrected chi connectivity index (χ3v) is 5.73. The summed E-state index contributed by atoms with van der Waals surface area (Å²) in [6, 6.07) is 8.52. The molecule has 1 aromatic rings. The molecule has 0 N–H and O–H groups in total. The molecule has 6 nitrogen and oxygen atoms in total. The highest BCUT2D eigenvalue weighted by Gasteiger charge is 2.52. The number of hydrogen-bond donors (Lipinski definition) is 0. The van der Waals surface area contributed by atoms with Gasteiger partial charge in [-0.15, -0.1) is 0 Å². The molecule has 162 valence electrons. The Balaban J connectivity index is 2.30. The third kappa shape index (κ3) is 6.23. The molecule has 1 amide bonds. The number of benzene rings is 1. The number of ether oxygens (including phenoxy) is 1. The molecule has 0 radical (unpaired) electrons. The van der Waals surface area contributed by atoms with Gasteiger partial charge >= 0.3 is 5.97 Å². The van der Waals surface area contributed by atoms with Gasteiger partial charge in [-0.3, -0.25) is 14.5 Å². The lowest BCUT2D eigenvalue weighted by Crippen LogP contribution is -2.60. The summed E-state index contributed by atoms with van der Waals surface area (Å²) in [6.45, 7) is 4.11. The number of ketones is 1. The van der Waals surface area contributed by atoms with Gasteiger partial charge in [-0.1, -0.05) is 76.9 Å². The number of carbonyl (C=O) groups excluding carboxylic acids is 4. The molecule has 1 heterocycles. The van der Waals surface area contributed by atoms with Crippen LogP contribution in [-0.2, 0) is 19.1 Å². The fourth-order valence-corrected chi connectivity index (χ4v) is 4.25. The van der Waals surface area contributed by atoms with Gasteiger partial charge in [0.1, 0.15) is 23.5 Å². The highest BCUT2D eigenvalue weighted by molar-refractivity contribution is 8.14. The number of thioether (sulfide) groups is 1. The zero-order valence-corrected chi connectivity index (χ0v) is 19.6. The molecule has 1 aromatic carbocycles. The van der Waals surface area contributed by atoms with Crippen LogP contribution >= 0.6 is 46.6 Å². The second-order valence-electron chi connectivity index (χ2n) is 6.92. The Morgan fingerprint density at radius 3 is 2.20 bits per heavy atom. The number of esters is 1. The van der Waals surface area contributed by atoms with E-state index >= 15 is 0 Å². The maximum Gasteiger partial charge on any atom is 0.355 e. The summed E-state index contributed by atoms with van der Waals surface area (Å²) in [6.07, 6.45) is -0.0334. The van der Waals surface area contributed by atoms with Crippen molar-refractivity contribution in [2.75, 3.05) is 6.61 Å². The molecule has 1 aliphatic rings. The second kappa shape index (κ2) is 10.2. The molecule has 0 aromatic heterocycles. The number of halogens is 3. The fourth-order valence-electron chi connectivity index (χ4n) is 2.90. The molecule has 0 saturated carbocycles. The Morgan fingerprint density at radius 2 is 1.70 bits per heavy atom. The Morgan fingerprint density at radius 1 is 1.10 bits per heavy atom. The molecule has 0 spiro atoms. The molecule has 1 fully saturated rings. The fraction of sp³-hybridized carbons (Fsp3) is 0.400. The van der Waals surface area contributed by atoms with Gasteiger partial charge in [0, 0.05) is 12.0 Å². The largest absolute Gasteiger partial charge is 0.456 e. The van der Waals surface area contributed by atoms with Crippen molar-refractivity contribution >= 4 is 69.3 Å². The van der Waals surface area contributed by atoms with Crippen LogP contribution in [0.3, 0.4) is 0 Å². The van der Waals surface area contributed by atoms with E-state index < -0.39 is 33.6 Å². The monoisotopic (exact) mass is 491 g/mol. The van der Waals surface area contributed by atoms with Crippen LogP contribution in [0.2, 0.25) is 0 Å². The van der Waals surface area contributed by atoms with Crippen molar-refractivity contribution in [3.8, 4) is 0 Å². The van der Waals surface area contributed by atoms with Gasteiger partial charge in [0.2, 0.25) is 14.8 Å². The van der Waals surface area contributed by atoms with Crippen LogP contribution in [0.5, 0.6) is 0 Å². The van der Waals surface area contributed by atoms with E-state index in [0.29, 0.717) is 11.1 Å². The molecule has 1 aliphatic heterocycles. The molecule has 0 aliphatic carbocycles. The molecule has 1 saturated heterocycles. The van der Waals surface area contributed by atoms with Gasteiger partial charge in [0.15, 0.2) is 0 Å². The van der Waals surface area contributed by atoms with Crippen LogP contribution in [0.1, 0.15) is 37.6 Å². The number of rotatable bonds is 7. The number of allylic oxidation sites excluding steroid dienone is 1. The number of carbonyl (C=O) groups is 4. The Hall–Kier alpha value is -1.54. The summed E-state index contributed by atoms with van der Waals surface area (Å²) >= 11 is 17.8. The lowest BCUT2D eigenvalue weighted by Gasteiger charge is -2.46. The van der Waals surface area contributed by atoms with E-state index in [0.717, 1.165) is 11.8 Å². The summed E-state index contributed by atoms with van der Waals surface area (Å²) in [5.74, 6) is -2.21. The highest BCUT2D eigenvalue weighted by Crippen LogP contribution is 2.42. The van der Waals surface area contributed by atoms with Gasteiger partial charge in [-0.25, -0.2) is 4.79 Å². The standard InChI is InChI=1S/C20H20Cl3NO5S/c1-11(2)15(18(27)29-10-20(21,22)23)24-16(26)14(9-12(3)25)17(24)30-19(28)13-7-5-4-6-8-13/h4-8,14,17H,9-10H2,1-3H3/t14-,17-/m1/s1. The SMILES string of the molecule is CC(=O)C[C@@H]1C(=O)N(C(C(=O)OCC(Cl)(Cl)Cl)=C(C)C)[C@@H]1SC(=O)c1ccccc1. The van der Waals surface area contributed by atoms with E-state index in [4.69, 9.17) is 39.5 Å². The summed E-state index contributed by atoms with van der Waals surface area (Å²) in [5, 5.41) is -1.02. The minimum Gasteiger partial charge on any atom is -0.456 e. The molecule has 0 unspecified atom stereocenters. The maximum atomic E-state index is 12.8. The highest BCUT2D eigenvalue weighted by atomic mass is 35.6. The van der Waals surface area contributed by atoms with E-state index in [1.54, 1.807) is 44.2 Å². The topological polar surface area (TPSA) is 80.8 Å². The smallest absolute Gasteiger partial charge is 0.355 e. The van der Waals surface area contributed by atoms with Crippen molar-refractivity contribution in [2.24, 2.45) is 5.92 Å². The first-order valence-corrected chi connectivity index (χ1v) is 10.9. The van der Waals surface area contributed by atoms with Gasteiger partial charge < -0.3 is 9.53 Å². The predicted octanol–water partition coefficient (Wildman–Crippen LogP) is 4.53. The third-order valence-electron chi connectivity index (χ3n) is 4.17. The van der Waals surface area contributed by atoms with Crippen LogP contribution in [0.15, 0.2) is 41.6 Å². The van der Waals surface area contributed by atoms with Gasteiger partial charge in [0.25, 0.3) is 0 Å². The van der Waals surface area contributed by atoms with Crippen molar-refractivity contribution in [3.63, 3.8) is 0 Å². The van der Waals surface area contributed by atoms with Crippen molar-refractivity contribution in [3.05, 3.63) is 47.2 Å². The van der Waals surface area contributed by atoms with E-state index in [1.807, 2.05) is 0 Å². The van der Waals surface area contributed by atoms with Crippen LogP contribution < -0.4 is 0 Å². The number of nitrogens with zero attached hydrogens (tertiary/aromatic N) is 1. The minimum atomic E-state index is -1.81. The first-order chi connectivity index (χ1) is 13.9. The Labute approximate surface area is 193 Å². The molecule has 30 heavy (non-hydrogen) atoms. The first kappa shape index (κ1) is 24.7.